The molecule has 2 nitrogen and oxygen atoms in total. The largest absolute Gasteiger partial charge is 0.497 e. The minimum atomic E-state index is -0.120. The summed E-state index contributed by atoms with van der Waals surface area (Å²) >= 11 is 0. The van der Waals surface area contributed by atoms with Gasteiger partial charge in [0.05, 0.1) is 7.11 Å². The minimum absolute atomic E-state index is 0.120. The van der Waals surface area contributed by atoms with E-state index in [1.165, 1.54) is 43.2 Å². The summed E-state index contributed by atoms with van der Waals surface area (Å²) in [6.45, 7) is 2.33. The zero-order valence-electron chi connectivity index (χ0n) is 12.8. The minimum Gasteiger partial charge on any atom is -0.497 e. The normalized spacial score (nSPS) is 33.0. The average molecular weight is 273 g/mol. The van der Waals surface area contributed by atoms with Gasteiger partial charge in [-0.05, 0) is 54.4 Å². The lowest BCUT2D eigenvalue weighted by molar-refractivity contribution is 0.126. The molecule has 20 heavy (non-hydrogen) atoms. The molecule has 110 valence electrons. The van der Waals surface area contributed by atoms with Crippen molar-refractivity contribution in [1.82, 2.24) is 0 Å². The van der Waals surface area contributed by atoms with Gasteiger partial charge in [0.15, 0.2) is 0 Å². The Bertz CT molecular complexity index is 484. The second-order valence-corrected chi connectivity index (χ2v) is 6.62. The molecule has 3 rings (SSSR count). The van der Waals surface area contributed by atoms with Gasteiger partial charge in [0, 0.05) is 5.54 Å². The number of aryl methyl sites for hydroxylation is 1. The Morgan fingerprint density at radius 1 is 1.30 bits per heavy atom. The highest BCUT2D eigenvalue weighted by molar-refractivity contribution is 5.44. The molecule has 2 N–H and O–H groups in total. The Kier molecular flexibility index (Phi) is 3.76. The summed E-state index contributed by atoms with van der Waals surface area (Å²) in [6.07, 6.45) is 8.89. The Balaban J connectivity index is 1.97. The molecule has 2 heteroatoms. The molecule has 0 bridgehead atoms. The van der Waals surface area contributed by atoms with Crippen LogP contribution in [0.5, 0.6) is 5.75 Å². The lowest BCUT2D eigenvalue weighted by Crippen LogP contribution is -2.46. The fraction of sp³-hybridized carbons (Fsp3) is 0.667. The van der Waals surface area contributed by atoms with Crippen molar-refractivity contribution in [2.45, 2.75) is 57.4 Å². The number of hydrogen-bond donors (Lipinski definition) is 1. The molecule has 0 aromatic heterocycles. The number of nitrogens with two attached hydrogens (primary N) is 1. The standard InChI is InChI=1S/C18H27NO/c1-3-13-6-4-5-7-16(13)18(19)11-10-14-8-9-15(20-2)12-17(14)18/h8-9,12-13,16H,3-7,10-11,19H2,1-2H3. The number of rotatable bonds is 3. The van der Waals surface area contributed by atoms with Crippen LogP contribution in [-0.4, -0.2) is 7.11 Å². The van der Waals surface area contributed by atoms with E-state index in [0.717, 1.165) is 24.5 Å². The van der Waals surface area contributed by atoms with Crippen LogP contribution in [-0.2, 0) is 12.0 Å². The molecule has 2 aliphatic rings. The van der Waals surface area contributed by atoms with E-state index >= 15 is 0 Å². The summed E-state index contributed by atoms with van der Waals surface area (Å²) in [6, 6.07) is 6.49. The Morgan fingerprint density at radius 2 is 2.10 bits per heavy atom. The van der Waals surface area contributed by atoms with Crippen molar-refractivity contribution in [3.63, 3.8) is 0 Å². The van der Waals surface area contributed by atoms with E-state index in [1.54, 1.807) is 7.11 Å². The Hall–Kier alpha value is -1.02. The van der Waals surface area contributed by atoms with Crippen LogP contribution in [0.25, 0.3) is 0 Å². The second kappa shape index (κ2) is 5.40. The van der Waals surface area contributed by atoms with Crippen LogP contribution in [0, 0.1) is 11.8 Å². The van der Waals surface area contributed by atoms with Gasteiger partial charge in [0.25, 0.3) is 0 Å². The van der Waals surface area contributed by atoms with E-state index in [1.807, 2.05) is 0 Å². The molecule has 3 unspecified atom stereocenters. The number of methoxy groups -OCH3 is 1. The first-order valence-corrected chi connectivity index (χ1v) is 8.15. The number of ether oxygens (including phenoxy) is 1. The summed E-state index contributed by atoms with van der Waals surface area (Å²) in [4.78, 5) is 0. The van der Waals surface area contributed by atoms with Crippen molar-refractivity contribution < 1.29 is 4.74 Å². The first-order valence-electron chi connectivity index (χ1n) is 8.15. The number of benzene rings is 1. The number of hydrogen-bond acceptors (Lipinski definition) is 2. The van der Waals surface area contributed by atoms with Crippen molar-refractivity contribution in [3.05, 3.63) is 29.3 Å². The molecular formula is C18H27NO. The number of fused-ring (bicyclic) bond motifs is 1. The third-order valence-corrected chi connectivity index (χ3v) is 5.72. The van der Waals surface area contributed by atoms with Crippen LogP contribution in [0.15, 0.2) is 18.2 Å². The molecule has 0 saturated heterocycles. The van der Waals surface area contributed by atoms with E-state index in [9.17, 15) is 0 Å². The molecule has 1 fully saturated rings. The van der Waals surface area contributed by atoms with E-state index in [-0.39, 0.29) is 5.54 Å². The van der Waals surface area contributed by atoms with Crippen LogP contribution in [0.1, 0.15) is 56.6 Å². The van der Waals surface area contributed by atoms with E-state index in [2.05, 4.69) is 25.1 Å². The Morgan fingerprint density at radius 3 is 2.85 bits per heavy atom. The maximum absolute atomic E-state index is 6.98. The molecule has 0 heterocycles. The van der Waals surface area contributed by atoms with E-state index in [4.69, 9.17) is 10.5 Å². The summed E-state index contributed by atoms with van der Waals surface area (Å²) in [5.74, 6) is 2.39. The van der Waals surface area contributed by atoms with Gasteiger partial charge in [-0.1, -0.05) is 38.7 Å². The van der Waals surface area contributed by atoms with Gasteiger partial charge >= 0.3 is 0 Å². The maximum Gasteiger partial charge on any atom is 0.119 e. The highest BCUT2D eigenvalue weighted by Crippen LogP contribution is 2.49. The van der Waals surface area contributed by atoms with Crippen molar-refractivity contribution in [2.75, 3.05) is 7.11 Å². The van der Waals surface area contributed by atoms with Crippen molar-refractivity contribution in [1.29, 1.82) is 0 Å². The smallest absolute Gasteiger partial charge is 0.119 e. The van der Waals surface area contributed by atoms with Gasteiger partial charge in [-0.15, -0.1) is 0 Å². The maximum atomic E-state index is 6.98. The van der Waals surface area contributed by atoms with Gasteiger partial charge in [0.1, 0.15) is 5.75 Å². The van der Waals surface area contributed by atoms with Gasteiger partial charge < -0.3 is 10.5 Å². The van der Waals surface area contributed by atoms with Gasteiger partial charge in [-0.3, -0.25) is 0 Å². The highest BCUT2D eigenvalue weighted by Gasteiger charge is 2.45. The first kappa shape index (κ1) is 13.9. The van der Waals surface area contributed by atoms with Crippen LogP contribution in [0.2, 0.25) is 0 Å². The molecule has 0 aliphatic heterocycles. The monoisotopic (exact) mass is 273 g/mol. The fourth-order valence-corrected chi connectivity index (χ4v) is 4.57. The second-order valence-electron chi connectivity index (χ2n) is 6.62. The molecule has 0 spiro atoms. The van der Waals surface area contributed by atoms with E-state index in [0.29, 0.717) is 5.92 Å². The van der Waals surface area contributed by atoms with Crippen molar-refractivity contribution >= 4 is 0 Å². The summed E-state index contributed by atoms with van der Waals surface area (Å²) < 4.78 is 5.42. The predicted molar refractivity (Wildman–Crippen MR) is 82.9 cm³/mol. The van der Waals surface area contributed by atoms with Gasteiger partial charge in [-0.2, -0.15) is 0 Å². The zero-order chi connectivity index (χ0) is 14.2. The third kappa shape index (κ3) is 2.14. The highest BCUT2D eigenvalue weighted by atomic mass is 16.5. The SMILES string of the molecule is CCC1CCCCC1C1(N)CCc2ccc(OC)cc21. The van der Waals surface area contributed by atoms with E-state index < -0.39 is 0 Å². The molecule has 1 saturated carbocycles. The summed E-state index contributed by atoms with van der Waals surface area (Å²) in [5, 5.41) is 0. The predicted octanol–water partition coefficient (Wildman–Crippen LogP) is 4.01. The molecule has 3 atom stereocenters. The summed E-state index contributed by atoms with van der Waals surface area (Å²) in [5.41, 5.74) is 9.66. The molecule has 1 aromatic rings. The lowest BCUT2D eigenvalue weighted by Gasteiger charge is -2.43. The van der Waals surface area contributed by atoms with Crippen LogP contribution in [0.4, 0.5) is 0 Å². The van der Waals surface area contributed by atoms with Crippen LogP contribution < -0.4 is 10.5 Å². The van der Waals surface area contributed by atoms with Crippen molar-refractivity contribution in [3.8, 4) is 5.75 Å². The van der Waals surface area contributed by atoms with Crippen molar-refractivity contribution in [2.24, 2.45) is 17.6 Å². The molecular weight excluding hydrogens is 246 g/mol. The van der Waals surface area contributed by atoms with Crippen LogP contribution in [0.3, 0.4) is 0 Å². The first-order chi connectivity index (χ1) is 9.69. The average Bonchev–Trinajstić information content (AvgIpc) is 2.85. The molecule has 2 aliphatic carbocycles. The zero-order valence-corrected chi connectivity index (χ0v) is 12.8. The quantitative estimate of drug-likeness (QED) is 0.903. The molecule has 0 amide bonds. The van der Waals surface area contributed by atoms with Gasteiger partial charge in [0.2, 0.25) is 0 Å². The lowest BCUT2D eigenvalue weighted by atomic mass is 9.66. The molecule has 0 radical (unpaired) electrons. The topological polar surface area (TPSA) is 35.2 Å². The summed E-state index contributed by atoms with van der Waals surface area (Å²) in [7, 11) is 1.74. The van der Waals surface area contributed by atoms with Crippen LogP contribution >= 0.6 is 0 Å². The Labute approximate surface area is 122 Å². The molecule has 1 aromatic carbocycles. The van der Waals surface area contributed by atoms with Gasteiger partial charge in [-0.25, -0.2) is 0 Å². The fourth-order valence-electron chi connectivity index (χ4n) is 4.57. The third-order valence-electron chi connectivity index (χ3n) is 5.72.